The molecule has 1 atom stereocenters. The summed E-state index contributed by atoms with van der Waals surface area (Å²) in [6.07, 6.45) is 1.90. The Kier molecular flexibility index (Phi) is 3.50. The first-order chi connectivity index (χ1) is 11.6. The van der Waals surface area contributed by atoms with Gasteiger partial charge in [-0.25, -0.2) is 4.68 Å². The maximum absolute atomic E-state index is 12.6. The molecule has 1 amide bonds. The van der Waals surface area contributed by atoms with Crippen LogP contribution in [-0.4, -0.2) is 55.1 Å². The van der Waals surface area contributed by atoms with Crippen molar-refractivity contribution in [3.8, 4) is 5.69 Å². The van der Waals surface area contributed by atoms with Gasteiger partial charge in [-0.3, -0.25) is 9.78 Å². The summed E-state index contributed by atoms with van der Waals surface area (Å²) < 4.78 is 1.67. The number of likely N-dealkylation sites (tertiary alicyclic amines) is 1. The van der Waals surface area contributed by atoms with Gasteiger partial charge < -0.3 is 10.0 Å². The number of aliphatic hydroxyl groups is 1. The predicted octanol–water partition coefficient (Wildman–Crippen LogP) is 1.33. The number of β-amino-alcohol motifs (C(OH)–C–C–N with tert-alkyl or cyclic N) is 1. The molecule has 1 N–H and O–H groups in total. The van der Waals surface area contributed by atoms with Crippen LogP contribution in [0.1, 0.15) is 22.6 Å². The van der Waals surface area contributed by atoms with E-state index >= 15 is 0 Å². The van der Waals surface area contributed by atoms with Crippen molar-refractivity contribution in [3.05, 3.63) is 47.9 Å². The number of aromatic nitrogens is 4. The second kappa shape index (κ2) is 5.68. The maximum atomic E-state index is 12.6. The average molecular weight is 323 g/mol. The van der Waals surface area contributed by atoms with Crippen LogP contribution < -0.4 is 0 Å². The number of hydrogen-bond acceptors (Lipinski definition) is 5. The summed E-state index contributed by atoms with van der Waals surface area (Å²) in [6, 6.07) is 9.61. The van der Waals surface area contributed by atoms with Crippen LogP contribution in [0.4, 0.5) is 0 Å². The molecule has 1 aliphatic rings. The summed E-state index contributed by atoms with van der Waals surface area (Å²) in [7, 11) is 0. The van der Waals surface area contributed by atoms with Gasteiger partial charge in [-0.2, -0.15) is 0 Å². The third-order valence-corrected chi connectivity index (χ3v) is 4.40. The zero-order valence-corrected chi connectivity index (χ0v) is 13.3. The SMILES string of the molecule is Cc1c(C(=O)N2CC[C@H](O)C2)nnn1-c1cccc2ncccc12. The van der Waals surface area contributed by atoms with Gasteiger partial charge in [-0.1, -0.05) is 11.3 Å². The van der Waals surface area contributed by atoms with Gasteiger partial charge in [0.15, 0.2) is 5.69 Å². The third kappa shape index (κ3) is 2.33. The first kappa shape index (κ1) is 14.8. The second-order valence-electron chi connectivity index (χ2n) is 5.98. The van der Waals surface area contributed by atoms with Crippen LogP contribution in [0.15, 0.2) is 36.5 Å². The molecule has 0 radical (unpaired) electrons. The summed E-state index contributed by atoms with van der Waals surface area (Å²) in [6.45, 7) is 2.72. The molecule has 3 heterocycles. The largest absolute Gasteiger partial charge is 0.391 e. The van der Waals surface area contributed by atoms with Crippen LogP contribution >= 0.6 is 0 Å². The smallest absolute Gasteiger partial charge is 0.276 e. The Balaban J connectivity index is 1.75. The number of hydrogen-bond donors (Lipinski definition) is 1. The van der Waals surface area contributed by atoms with E-state index < -0.39 is 6.10 Å². The normalized spacial score (nSPS) is 17.6. The van der Waals surface area contributed by atoms with Crippen LogP contribution in [0.5, 0.6) is 0 Å². The molecule has 1 aliphatic heterocycles. The highest BCUT2D eigenvalue weighted by atomic mass is 16.3. The van der Waals surface area contributed by atoms with E-state index in [0.29, 0.717) is 30.9 Å². The van der Waals surface area contributed by atoms with E-state index in [1.54, 1.807) is 15.8 Å². The number of aliphatic hydroxyl groups excluding tert-OH is 1. The highest BCUT2D eigenvalue weighted by Gasteiger charge is 2.29. The zero-order valence-electron chi connectivity index (χ0n) is 13.3. The van der Waals surface area contributed by atoms with E-state index in [0.717, 1.165) is 16.6 Å². The number of rotatable bonds is 2. The standard InChI is InChI=1S/C17H17N5O2/c1-11-16(17(24)21-9-7-12(23)10-21)19-20-22(11)15-6-2-5-14-13(15)4-3-8-18-14/h2-6,8,12,23H,7,9-10H2,1H3/t12-/m0/s1. The number of amides is 1. The molecule has 0 saturated carbocycles. The van der Waals surface area contributed by atoms with E-state index in [-0.39, 0.29) is 5.91 Å². The van der Waals surface area contributed by atoms with E-state index in [2.05, 4.69) is 15.3 Å². The Bertz CT molecular complexity index is 915. The van der Waals surface area contributed by atoms with E-state index in [1.165, 1.54) is 0 Å². The number of carbonyl (C=O) groups is 1. The summed E-state index contributed by atoms with van der Waals surface area (Å²) in [5.74, 6) is -0.186. The Morgan fingerprint density at radius 3 is 2.96 bits per heavy atom. The molecule has 0 spiro atoms. The zero-order chi connectivity index (χ0) is 16.7. The molecular weight excluding hydrogens is 306 g/mol. The molecular formula is C17H17N5O2. The lowest BCUT2D eigenvalue weighted by molar-refractivity contribution is 0.0758. The molecule has 3 aromatic rings. The maximum Gasteiger partial charge on any atom is 0.276 e. The van der Waals surface area contributed by atoms with Gasteiger partial charge in [0, 0.05) is 24.7 Å². The van der Waals surface area contributed by atoms with Gasteiger partial charge in [0.25, 0.3) is 5.91 Å². The molecule has 7 nitrogen and oxygen atoms in total. The summed E-state index contributed by atoms with van der Waals surface area (Å²) in [4.78, 5) is 18.6. The molecule has 1 aromatic carbocycles. The quantitative estimate of drug-likeness (QED) is 0.769. The predicted molar refractivity (Wildman–Crippen MR) is 87.9 cm³/mol. The highest BCUT2D eigenvalue weighted by molar-refractivity contribution is 5.94. The van der Waals surface area contributed by atoms with Crippen LogP contribution in [0.2, 0.25) is 0 Å². The number of pyridine rings is 1. The highest BCUT2D eigenvalue weighted by Crippen LogP contribution is 2.22. The topological polar surface area (TPSA) is 84.1 Å². The van der Waals surface area contributed by atoms with Crippen molar-refractivity contribution in [1.29, 1.82) is 0 Å². The average Bonchev–Trinajstić information content (AvgIpc) is 3.20. The second-order valence-corrected chi connectivity index (χ2v) is 5.98. The van der Waals surface area contributed by atoms with Gasteiger partial charge in [0.2, 0.25) is 0 Å². The summed E-state index contributed by atoms with van der Waals surface area (Å²) >= 11 is 0. The molecule has 2 aromatic heterocycles. The van der Waals surface area contributed by atoms with Crippen molar-refractivity contribution in [3.63, 3.8) is 0 Å². The minimum Gasteiger partial charge on any atom is -0.391 e. The minimum absolute atomic E-state index is 0.186. The van der Waals surface area contributed by atoms with Crippen LogP contribution in [0.3, 0.4) is 0 Å². The Hall–Kier alpha value is -2.80. The molecule has 1 saturated heterocycles. The Morgan fingerprint density at radius 1 is 1.29 bits per heavy atom. The minimum atomic E-state index is -0.451. The monoisotopic (exact) mass is 323 g/mol. The van der Waals surface area contributed by atoms with Gasteiger partial charge in [-0.15, -0.1) is 5.10 Å². The summed E-state index contributed by atoms with van der Waals surface area (Å²) in [5, 5.41) is 18.8. The number of carbonyl (C=O) groups excluding carboxylic acids is 1. The number of nitrogens with zero attached hydrogens (tertiary/aromatic N) is 5. The van der Waals surface area contributed by atoms with Gasteiger partial charge >= 0.3 is 0 Å². The van der Waals surface area contributed by atoms with Crippen LogP contribution in [-0.2, 0) is 0 Å². The van der Waals surface area contributed by atoms with Crippen molar-refractivity contribution in [1.82, 2.24) is 24.9 Å². The van der Waals surface area contributed by atoms with E-state index in [1.807, 2.05) is 37.3 Å². The lowest BCUT2D eigenvalue weighted by Gasteiger charge is -2.14. The molecule has 4 rings (SSSR count). The van der Waals surface area contributed by atoms with Gasteiger partial charge in [0.1, 0.15) is 0 Å². The lowest BCUT2D eigenvalue weighted by atomic mass is 10.2. The van der Waals surface area contributed by atoms with E-state index in [9.17, 15) is 9.90 Å². The van der Waals surface area contributed by atoms with Gasteiger partial charge in [0.05, 0.1) is 23.0 Å². The number of benzene rings is 1. The number of fused-ring (bicyclic) bond motifs is 1. The van der Waals surface area contributed by atoms with Crippen molar-refractivity contribution in [2.45, 2.75) is 19.4 Å². The molecule has 7 heteroatoms. The molecule has 24 heavy (non-hydrogen) atoms. The fourth-order valence-corrected chi connectivity index (χ4v) is 3.10. The Morgan fingerprint density at radius 2 is 2.17 bits per heavy atom. The van der Waals surface area contributed by atoms with Crippen LogP contribution in [0.25, 0.3) is 16.6 Å². The lowest BCUT2D eigenvalue weighted by Crippen LogP contribution is -2.30. The molecule has 1 fully saturated rings. The van der Waals surface area contributed by atoms with Crippen molar-refractivity contribution in [2.24, 2.45) is 0 Å². The van der Waals surface area contributed by atoms with Gasteiger partial charge in [-0.05, 0) is 37.6 Å². The first-order valence-corrected chi connectivity index (χ1v) is 7.89. The van der Waals surface area contributed by atoms with Crippen LogP contribution in [0, 0.1) is 6.92 Å². The Labute approximate surface area is 138 Å². The molecule has 0 unspecified atom stereocenters. The van der Waals surface area contributed by atoms with Crippen molar-refractivity contribution < 1.29 is 9.90 Å². The molecule has 0 bridgehead atoms. The molecule has 0 aliphatic carbocycles. The van der Waals surface area contributed by atoms with E-state index in [4.69, 9.17) is 0 Å². The summed E-state index contributed by atoms with van der Waals surface area (Å²) in [5.41, 5.74) is 2.70. The fraction of sp³-hybridized carbons (Fsp3) is 0.294. The first-order valence-electron chi connectivity index (χ1n) is 7.89. The fourth-order valence-electron chi connectivity index (χ4n) is 3.10. The third-order valence-electron chi connectivity index (χ3n) is 4.40. The molecule has 122 valence electrons. The van der Waals surface area contributed by atoms with Crippen molar-refractivity contribution >= 4 is 16.8 Å². The van der Waals surface area contributed by atoms with Crippen molar-refractivity contribution in [2.75, 3.05) is 13.1 Å².